The second-order valence-electron chi connectivity index (χ2n) is 3.75. The van der Waals surface area contributed by atoms with Crippen molar-refractivity contribution in [1.82, 2.24) is 25.4 Å². The molecular weight excluding hydrogens is 206 g/mol. The first-order valence-electron chi connectivity index (χ1n) is 5.49. The van der Waals surface area contributed by atoms with Crippen LogP contribution >= 0.6 is 0 Å². The highest BCUT2D eigenvalue weighted by atomic mass is 16.2. The molecule has 0 aromatic carbocycles. The summed E-state index contributed by atoms with van der Waals surface area (Å²) in [5.41, 5.74) is 0. The Bertz CT molecular complexity index is 336. The third-order valence-electron chi connectivity index (χ3n) is 2.31. The third-order valence-corrected chi connectivity index (χ3v) is 2.31. The van der Waals surface area contributed by atoms with Gasteiger partial charge >= 0.3 is 0 Å². The average Bonchev–Trinajstić information content (AvgIpc) is 2.68. The minimum absolute atomic E-state index is 0.0176. The number of nitrogens with one attached hydrogen (secondary N) is 2. The van der Waals surface area contributed by atoms with Crippen molar-refractivity contribution in [3.63, 3.8) is 0 Å². The fourth-order valence-corrected chi connectivity index (χ4v) is 1.21. The van der Waals surface area contributed by atoms with E-state index in [-0.39, 0.29) is 11.9 Å². The third kappa shape index (κ3) is 3.62. The largest absolute Gasteiger partial charge is 0.355 e. The Balaban J connectivity index is 2.32. The van der Waals surface area contributed by atoms with Crippen LogP contribution in [0.3, 0.4) is 0 Å². The zero-order valence-electron chi connectivity index (χ0n) is 10.0. The van der Waals surface area contributed by atoms with E-state index in [0.29, 0.717) is 6.54 Å². The molecule has 0 aliphatic carbocycles. The molecule has 0 saturated carbocycles. The molecule has 0 spiro atoms. The second kappa shape index (κ2) is 6.22. The Morgan fingerprint density at radius 1 is 1.62 bits per heavy atom. The number of hydrogen-bond acceptors (Lipinski definition) is 4. The summed E-state index contributed by atoms with van der Waals surface area (Å²) in [5, 5.41) is 13.6. The molecule has 16 heavy (non-hydrogen) atoms. The molecule has 0 fully saturated rings. The van der Waals surface area contributed by atoms with Gasteiger partial charge < -0.3 is 9.88 Å². The summed E-state index contributed by atoms with van der Waals surface area (Å²) >= 11 is 0. The van der Waals surface area contributed by atoms with Crippen LogP contribution in [0.1, 0.15) is 26.1 Å². The summed E-state index contributed by atoms with van der Waals surface area (Å²) in [5.74, 6) is 0.833. The van der Waals surface area contributed by atoms with E-state index in [1.54, 1.807) is 6.33 Å². The van der Waals surface area contributed by atoms with Crippen molar-refractivity contribution >= 4 is 5.91 Å². The summed E-state index contributed by atoms with van der Waals surface area (Å²) in [4.78, 5) is 11.5. The maximum absolute atomic E-state index is 11.5. The van der Waals surface area contributed by atoms with Gasteiger partial charge in [-0.05, 0) is 13.3 Å². The highest BCUT2D eigenvalue weighted by Crippen LogP contribution is 1.92. The van der Waals surface area contributed by atoms with Gasteiger partial charge in [-0.1, -0.05) is 6.92 Å². The van der Waals surface area contributed by atoms with Gasteiger partial charge in [0, 0.05) is 13.6 Å². The van der Waals surface area contributed by atoms with E-state index in [1.165, 1.54) is 0 Å². The molecule has 1 aromatic rings. The molecule has 1 aromatic heterocycles. The lowest BCUT2D eigenvalue weighted by atomic mass is 10.3. The van der Waals surface area contributed by atoms with Crippen molar-refractivity contribution in [2.75, 3.05) is 6.54 Å². The molecule has 2 N–H and O–H groups in total. The van der Waals surface area contributed by atoms with Gasteiger partial charge in [0.05, 0.1) is 12.6 Å². The number of carbonyl (C=O) groups is 1. The number of nitrogens with zero attached hydrogens (tertiary/aromatic N) is 3. The zero-order valence-corrected chi connectivity index (χ0v) is 10.0. The number of rotatable bonds is 6. The molecule has 1 atom stereocenters. The van der Waals surface area contributed by atoms with Gasteiger partial charge in [-0.2, -0.15) is 0 Å². The van der Waals surface area contributed by atoms with Crippen molar-refractivity contribution in [2.24, 2.45) is 7.05 Å². The molecule has 1 amide bonds. The summed E-state index contributed by atoms with van der Waals surface area (Å²) < 4.78 is 1.82. The van der Waals surface area contributed by atoms with Crippen LogP contribution in [-0.2, 0) is 18.4 Å². The average molecular weight is 225 g/mol. The maximum atomic E-state index is 11.5. The molecule has 0 saturated heterocycles. The van der Waals surface area contributed by atoms with E-state index in [4.69, 9.17) is 0 Å². The van der Waals surface area contributed by atoms with Crippen LogP contribution in [-0.4, -0.2) is 33.3 Å². The van der Waals surface area contributed by atoms with Crippen LogP contribution in [0.15, 0.2) is 6.33 Å². The van der Waals surface area contributed by atoms with Gasteiger partial charge in [0.15, 0.2) is 0 Å². The van der Waals surface area contributed by atoms with Crippen LogP contribution < -0.4 is 10.6 Å². The highest BCUT2D eigenvalue weighted by Gasteiger charge is 2.12. The fraction of sp³-hybridized carbons (Fsp3) is 0.700. The van der Waals surface area contributed by atoms with Gasteiger partial charge in [-0.25, -0.2) is 0 Å². The van der Waals surface area contributed by atoms with E-state index < -0.39 is 0 Å². The Hall–Kier alpha value is -1.43. The molecule has 0 aliphatic heterocycles. The lowest BCUT2D eigenvalue weighted by molar-refractivity contribution is -0.122. The normalized spacial score (nSPS) is 12.4. The smallest absolute Gasteiger partial charge is 0.236 e. The first kappa shape index (κ1) is 12.6. The highest BCUT2D eigenvalue weighted by molar-refractivity contribution is 5.81. The summed E-state index contributed by atoms with van der Waals surface area (Å²) in [6.07, 6.45) is 2.58. The Morgan fingerprint density at radius 3 is 2.94 bits per heavy atom. The minimum atomic E-state index is -0.219. The molecule has 1 rings (SSSR count). The van der Waals surface area contributed by atoms with Crippen molar-refractivity contribution in [3.8, 4) is 0 Å². The molecule has 1 unspecified atom stereocenters. The van der Waals surface area contributed by atoms with Gasteiger partial charge in [0.1, 0.15) is 12.2 Å². The van der Waals surface area contributed by atoms with Crippen LogP contribution in [0.4, 0.5) is 0 Å². The minimum Gasteiger partial charge on any atom is -0.355 e. The topological polar surface area (TPSA) is 71.8 Å². The van der Waals surface area contributed by atoms with Crippen LogP contribution in [0.5, 0.6) is 0 Å². The Kier molecular flexibility index (Phi) is 4.91. The predicted molar refractivity (Wildman–Crippen MR) is 60.6 cm³/mol. The number of amides is 1. The van der Waals surface area contributed by atoms with E-state index >= 15 is 0 Å². The number of aryl methyl sites for hydroxylation is 1. The molecule has 0 aliphatic rings. The van der Waals surface area contributed by atoms with E-state index in [1.807, 2.05) is 25.5 Å². The Labute approximate surface area is 95.4 Å². The second-order valence-corrected chi connectivity index (χ2v) is 3.75. The van der Waals surface area contributed by atoms with Gasteiger partial charge in [-0.3, -0.25) is 10.1 Å². The predicted octanol–water partition coefficient (Wildman–Crippen LogP) is -0.181. The first-order valence-corrected chi connectivity index (χ1v) is 5.49. The lowest BCUT2D eigenvalue weighted by Crippen LogP contribution is -2.42. The number of carbonyl (C=O) groups excluding carboxylic acids is 1. The standard InChI is InChI=1S/C10H19N5O/c1-4-5-11-10(16)8(2)12-6-9-14-13-7-15(9)3/h7-8,12H,4-6H2,1-3H3,(H,11,16). The van der Waals surface area contributed by atoms with Crippen LogP contribution in [0.2, 0.25) is 0 Å². The molecule has 6 nitrogen and oxygen atoms in total. The molecule has 0 radical (unpaired) electrons. The number of aromatic nitrogens is 3. The van der Waals surface area contributed by atoms with Gasteiger partial charge in [-0.15, -0.1) is 10.2 Å². The molecule has 1 heterocycles. The maximum Gasteiger partial charge on any atom is 0.236 e. The summed E-state index contributed by atoms with van der Waals surface area (Å²) in [7, 11) is 1.87. The van der Waals surface area contributed by atoms with Crippen LogP contribution in [0, 0.1) is 0 Å². The molecular formula is C10H19N5O. The van der Waals surface area contributed by atoms with E-state index in [2.05, 4.69) is 20.8 Å². The quantitative estimate of drug-likeness (QED) is 0.704. The van der Waals surface area contributed by atoms with Crippen molar-refractivity contribution in [1.29, 1.82) is 0 Å². The van der Waals surface area contributed by atoms with E-state index in [9.17, 15) is 4.79 Å². The Morgan fingerprint density at radius 2 is 2.38 bits per heavy atom. The zero-order chi connectivity index (χ0) is 12.0. The lowest BCUT2D eigenvalue weighted by Gasteiger charge is -2.13. The van der Waals surface area contributed by atoms with E-state index in [0.717, 1.165) is 18.8 Å². The molecule has 90 valence electrons. The van der Waals surface area contributed by atoms with Gasteiger partial charge in [0.2, 0.25) is 5.91 Å². The van der Waals surface area contributed by atoms with Crippen molar-refractivity contribution in [2.45, 2.75) is 32.9 Å². The monoisotopic (exact) mass is 225 g/mol. The summed E-state index contributed by atoms with van der Waals surface area (Å²) in [6, 6.07) is -0.219. The first-order chi connectivity index (χ1) is 7.65. The van der Waals surface area contributed by atoms with Crippen LogP contribution in [0.25, 0.3) is 0 Å². The summed E-state index contributed by atoms with van der Waals surface area (Å²) in [6.45, 7) is 5.12. The number of hydrogen-bond donors (Lipinski definition) is 2. The van der Waals surface area contributed by atoms with Crippen molar-refractivity contribution in [3.05, 3.63) is 12.2 Å². The van der Waals surface area contributed by atoms with Crippen molar-refractivity contribution < 1.29 is 4.79 Å². The van der Waals surface area contributed by atoms with Gasteiger partial charge in [0.25, 0.3) is 0 Å². The fourth-order valence-electron chi connectivity index (χ4n) is 1.21. The SMILES string of the molecule is CCCNC(=O)C(C)NCc1nncn1C. The molecule has 0 bridgehead atoms. The molecule has 6 heteroatoms.